The van der Waals surface area contributed by atoms with Gasteiger partial charge >= 0.3 is 0 Å². The molecule has 1 aromatic rings. The third-order valence-corrected chi connectivity index (χ3v) is 3.82. The van der Waals surface area contributed by atoms with E-state index in [0.29, 0.717) is 12.5 Å². The molecule has 0 heterocycles. The van der Waals surface area contributed by atoms with E-state index >= 15 is 0 Å². The van der Waals surface area contributed by atoms with Crippen molar-refractivity contribution in [2.45, 2.75) is 33.1 Å². The third kappa shape index (κ3) is 3.61. The van der Waals surface area contributed by atoms with Gasteiger partial charge in [-0.25, -0.2) is 0 Å². The van der Waals surface area contributed by atoms with Crippen LogP contribution in [0.1, 0.15) is 37.8 Å². The van der Waals surface area contributed by atoms with E-state index < -0.39 is 0 Å². The fraction of sp³-hybridized carbons (Fsp3) is 0.471. The summed E-state index contributed by atoms with van der Waals surface area (Å²) in [7, 11) is 0. The molecule has 3 N–H and O–H groups in total. The SMILES string of the molecule is CCc1cc(C#CCN)ccc1NC(=O)C(C)C1CC1. The summed E-state index contributed by atoms with van der Waals surface area (Å²) < 4.78 is 0. The molecule has 0 aromatic heterocycles. The Kier molecular flexibility index (Phi) is 4.81. The summed E-state index contributed by atoms with van der Waals surface area (Å²) >= 11 is 0. The van der Waals surface area contributed by atoms with Crippen LogP contribution in [0.3, 0.4) is 0 Å². The van der Waals surface area contributed by atoms with E-state index in [2.05, 4.69) is 24.1 Å². The smallest absolute Gasteiger partial charge is 0.227 e. The van der Waals surface area contributed by atoms with Gasteiger partial charge in [-0.15, -0.1) is 0 Å². The standard InChI is InChI=1S/C17H22N2O/c1-3-14-11-13(5-4-10-18)6-9-16(14)19-17(20)12(2)15-7-8-15/h6,9,11-12,15H,3,7-8,10,18H2,1-2H3,(H,19,20). The van der Waals surface area contributed by atoms with Crippen molar-refractivity contribution in [1.29, 1.82) is 0 Å². The third-order valence-electron chi connectivity index (χ3n) is 3.82. The van der Waals surface area contributed by atoms with Crippen LogP contribution in [0.15, 0.2) is 18.2 Å². The van der Waals surface area contributed by atoms with Crippen molar-refractivity contribution in [3.05, 3.63) is 29.3 Å². The Morgan fingerprint density at radius 1 is 1.50 bits per heavy atom. The van der Waals surface area contributed by atoms with Gasteiger partial charge in [0.1, 0.15) is 0 Å². The molecular formula is C17H22N2O. The van der Waals surface area contributed by atoms with Crippen LogP contribution in [0.2, 0.25) is 0 Å². The van der Waals surface area contributed by atoms with Gasteiger partial charge in [0.15, 0.2) is 0 Å². The number of anilines is 1. The van der Waals surface area contributed by atoms with E-state index in [9.17, 15) is 4.79 Å². The van der Waals surface area contributed by atoms with Crippen molar-refractivity contribution in [2.24, 2.45) is 17.6 Å². The van der Waals surface area contributed by atoms with Crippen molar-refractivity contribution in [3.8, 4) is 11.8 Å². The molecule has 1 unspecified atom stereocenters. The molecule has 20 heavy (non-hydrogen) atoms. The lowest BCUT2D eigenvalue weighted by atomic mass is 10.0. The first kappa shape index (κ1) is 14.6. The molecule has 1 aromatic carbocycles. The Morgan fingerprint density at radius 2 is 2.25 bits per heavy atom. The summed E-state index contributed by atoms with van der Waals surface area (Å²) in [5, 5.41) is 3.05. The van der Waals surface area contributed by atoms with Crippen molar-refractivity contribution >= 4 is 11.6 Å². The van der Waals surface area contributed by atoms with Gasteiger partial charge in [0, 0.05) is 17.2 Å². The molecule has 1 saturated carbocycles. The highest BCUT2D eigenvalue weighted by Crippen LogP contribution is 2.37. The first-order chi connectivity index (χ1) is 9.65. The molecule has 0 saturated heterocycles. The van der Waals surface area contributed by atoms with Gasteiger partial charge in [0.05, 0.1) is 6.54 Å². The van der Waals surface area contributed by atoms with Crippen LogP contribution in [0.4, 0.5) is 5.69 Å². The topological polar surface area (TPSA) is 55.1 Å². The predicted octanol–water partition coefficient (Wildman–Crippen LogP) is 2.54. The maximum Gasteiger partial charge on any atom is 0.227 e. The molecule has 1 amide bonds. The lowest BCUT2D eigenvalue weighted by Gasteiger charge is -2.14. The zero-order valence-electron chi connectivity index (χ0n) is 12.2. The van der Waals surface area contributed by atoms with Crippen molar-refractivity contribution in [3.63, 3.8) is 0 Å². The molecule has 1 aliphatic carbocycles. The maximum absolute atomic E-state index is 12.2. The summed E-state index contributed by atoms with van der Waals surface area (Å²) in [6.07, 6.45) is 3.23. The van der Waals surface area contributed by atoms with Crippen molar-refractivity contribution in [1.82, 2.24) is 0 Å². The van der Waals surface area contributed by atoms with Crippen molar-refractivity contribution < 1.29 is 4.79 Å². The Bertz CT molecular complexity index is 550. The number of nitrogens with two attached hydrogens (primary N) is 1. The second kappa shape index (κ2) is 6.58. The van der Waals surface area contributed by atoms with Crippen LogP contribution >= 0.6 is 0 Å². The van der Waals surface area contributed by atoms with Gasteiger partial charge in [0.25, 0.3) is 0 Å². The summed E-state index contributed by atoms with van der Waals surface area (Å²) in [4.78, 5) is 12.2. The summed E-state index contributed by atoms with van der Waals surface area (Å²) in [5.74, 6) is 6.68. The quantitative estimate of drug-likeness (QED) is 0.826. The monoisotopic (exact) mass is 270 g/mol. The van der Waals surface area contributed by atoms with E-state index in [-0.39, 0.29) is 11.8 Å². The zero-order valence-corrected chi connectivity index (χ0v) is 12.2. The van der Waals surface area contributed by atoms with Gasteiger partial charge in [0.2, 0.25) is 5.91 Å². The average molecular weight is 270 g/mol. The largest absolute Gasteiger partial charge is 0.326 e. The molecule has 0 aliphatic heterocycles. The van der Waals surface area contributed by atoms with E-state index in [0.717, 1.165) is 23.2 Å². The Labute approximate surface area is 120 Å². The molecule has 0 bridgehead atoms. The molecule has 1 fully saturated rings. The summed E-state index contributed by atoms with van der Waals surface area (Å²) in [6, 6.07) is 5.90. The second-order valence-corrected chi connectivity index (χ2v) is 5.35. The highest BCUT2D eigenvalue weighted by atomic mass is 16.1. The Balaban J connectivity index is 2.12. The fourth-order valence-corrected chi connectivity index (χ4v) is 2.30. The van der Waals surface area contributed by atoms with E-state index in [4.69, 9.17) is 5.73 Å². The van der Waals surface area contributed by atoms with Crippen LogP contribution in [0, 0.1) is 23.7 Å². The van der Waals surface area contributed by atoms with Crippen LogP contribution < -0.4 is 11.1 Å². The maximum atomic E-state index is 12.2. The molecule has 2 rings (SSSR count). The number of hydrogen-bond acceptors (Lipinski definition) is 2. The second-order valence-electron chi connectivity index (χ2n) is 5.35. The fourth-order valence-electron chi connectivity index (χ4n) is 2.30. The Hall–Kier alpha value is -1.79. The Morgan fingerprint density at radius 3 is 2.85 bits per heavy atom. The first-order valence-electron chi connectivity index (χ1n) is 7.28. The molecule has 0 spiro atoms. The van der Waals surface area contributed by atoms with E-state index in [1.54, 1.807) is 0 Å². The average Bonchev–Trinajstić information content (AvgIpc) is 3.29. The minimum atomic E-state index is 0.108. The van der Waals surface area contributed by atoms with Gasteiger partial charge < -0.3 is 11.1 Å². The number of hydrogen-bond donors (Lipinski definition) is 2. The number of carbonyl (C=O) groups excluding carboxylic acids is 1. The van der Waals surface area contributed by atoms with Gasteiger partial charge in [-0.05, 0) is 48.9 Å². The first-order valence-corrected chi connectivity index (χ1v) is 7.28. The highest BCUT2D eigenvalue weighted by molar-refractivity contribution is 5.93. The molecule has 1 atom stereocenters. The molecule has 3 heteroatoms. The van der Waals surface area contributed by atoms with Crippen LogP contribution in [0.5, 0.6) is 0 Å². The summed E-state index contributed by atoms with van der Waals surface area (Å²) in [5.41, 5.74) is 8.35. The van der Waals surface area contributed by atoms with Crippen LogP contribution in [0.25, 0.3) is 0 Å². The van der Waals surface area contributed by atoms with Crippen LogP contribution in [-0.2, 0) is 11.2 Å². The van der Waals surface area contributed by atoms with Crippen LogP contribution in [-0.4, -0.2) is 12.5 Å². The lowest BCUT2D eigenvalue weighted by molar-refractivity contribution is -0.119. The number of carbonyl (C=O) groups is 1. The lowest BCUT2D eigenvalue weighted by Crippen LogP contribution is -2.22. The number of aryl methyl sites for hydroxylation is 1. The van der Waals surface area contributed by atoms with Gasteiger partial charge in [-0.1, -0.05) is 25.7 Å². The highest BCUT2D eigenvalue weighted by Gasteiger charge is 2.32. The number of benzene rings is 1. The van der Waals surface area contributed by atoms with Crippen molar-refractivity contribution in [2.75, 3.05) is 11.9 Å². The summed E-state index contributed by atoms with van der Waals surface area (Å²) in [6.45, 7) is 4.45. The van der Waals surface area contributed by atoms with Gasteiger partial charge in [-0.3, -0.25) is 4.79 Å². The molecule has 0 radical (unpaired) electrons. The zero-order chi connectivity index (χ0) is 14.5. The van der Waals surface area contributed by atoms with E-state index in [1.807, 2.05) is 25.1 Å². The minimum Gasteiger partial charge on any atom is -0.326 e. The van der Waals surface area contributed by atoms with E-state index in [1.165, 1.54) is 12.8 Å². The molecular weight excluding hydrogens is 248 g/mol. The number of amides is 1. The number of nitrogens with one attached hydrogen (secondary N) is 1. The number of rotatable bonds is 4. The molecule has 106 valence electrons. The van der Waals surface area contributed by atoms with Gasteiger partial charge in [-0.2, -0.15) is 0 Å². The molecule has 3 nitrogen and oxygen atoms in total. The minimum absolute atomic E-state index is 0.108. The molecule has 1 aliphatic rings. The normalized spacial score (nSPS) is 15.2. The predicted molar refractivity (Wildman–Crippen MR) is 82.3 cm³/mol.